The van der Waals surface area contributed by atoms with Gasteiger partial charge in [-0.3, -0.25) is 4.79 Å². The predicted octanol–water partition coefficient (Wildman–Crippen LogP) is 3.08. The van der Waals surface area contributed by atoms with Crippen molar-refractivity contribution >= 4 is 29.1 Å². The predicted molar refractivity (Wildman–Crippen MR) is 75.9 cm³/mol. The average molecular weight is 295 g/mol. The van der Waals surface area contributed by atoms with Crippen LogP contribution in [0.5, 0.6) is 5.75 Å². The van der Waals surface area contributed by atoms with Crippen LogP contribution in [-0.2, 0) is 17.0 Å². The first-order chi connectivity index (χ1) is 9.04. The third kappa shape index (κ3) is 3.97. The maximum atomic E-state index is 10.7. The molecule has 2 aromatic rings. The molecule has 19 heavy (non-hydrogen) atoms. The van der Waals surface area contributed by atoms with E-state index < -0.39 is 5.97 Å². The van der Waals surface area contributed by atoms with Crippen LogP contribution in [0.3, 0.4) is 0 Å². The van der Waals surface area contributed by atoms with Crippen molar-refractivity contribution in [2.75, 3.05) is 0 Å². The lowest BCUT2D eigenvalue weighted by atomic mass is 10.2. The van der Waals surface area contributed by atoms with Gasteiger partial charge in [0.1, 0.15) is 5.75 Å². The highest BCUT2D eigenvalue weighted by molar-refractivity contribution is 8.00. The number of phenolic OH excluding ortho intramolecular Hbond substituents is 1. The Hall–Kier alpha value is -1.53. The zero-order valence-corrected chi connectivity index (χ0v) is 11.9. The van der Waals surface area contributed by atoms with Crippen LogP contribution in [0.2, 0.25) is 0 Å². The van der Waals surface area contributed by atoms with Crippen LogP contribution in [0, 0.1) is 6.92 Å². The third-order valence-electron chi connectivity index (χ3n) is 2.46. The Balaban J connectivity index is 2.02. The summed E-state index contributed by atoms with van der Waals surface area (Å²) in [6, 6.07) is 7.08. The number of benzene rings is 1. The Labute approximate surface area is 119 Å². The number of thioether (sulfide) groups is 1. The van der Waals surface area contributed by atoms with Crippen LogP contribution >= 0.6 is 23.1 Å². The second kappa shape index (κ2) is 6.08. The highest BCUT2D eigenvalue weighted by atomic mass is 32.2. The monoisotopic (exact) mass is 295 g/mol. The molecule has 0 unspecified atom stereocenters. The molecule has 2 N–H and O–H groups in total. The topological polar surface area (TPSA) is 70.4 Å². The largest absolute Gasteiger partial charge is 0.508 e. The van der Waals surface area contributed by atoms with Gasteiger partial charge in [0.15, 0.2) is 4.34 Å². The van der Waals surface area contributed by atoms with Crippen LogP contribution in [0.4, 0.5) is 0 Å². The minimum Gasteiger partial charge on any atom is -0.508 e. The summed E-state index contributed by atoms with van der Waals surface area (Å²) in [6.45, 7) is 1.83. The van der Waals surface area contributed by atoms with E-state index in [1.807, 2.05) is 13.0 Å². The van der Waals surface area contributed by atoms with Crippen molar-refractivity contribution in [2.24, 2.45) is 0 Å². The van der Waals surface area contributed by atoms with Crippen LogP contribution in [0.1, 0.15) is 16.1 Å². The smallest absolute Gasteiger partial charge is 0.308 e. The molecule has 0 aliphatic rings. The Morgan fingerprint density at radius 2 is 2.26 bits per heavy atom. The van der Waals surface area contributed by atoms with E-state index >= 15 is 0 Å². The molecule has 0 saturated carbocycles. The number of carboxylic acids is 1. The van der Waals surface area contributed by atoms with Crippen molar-refractivity contribution in [3.8, 4) is 5.75 Å². The van der Waals surface area contributed by atoms with E-state index in [-0.39, 0.29) is 12.2 Å². The fraction of sp³-hybridized carbons (Fsp3) is 0.231. The SMILES string of the molecule is Cc1nc(SCc2cccc(O)c2)sc1CC(=O)O. The molecule has 0 amide bonds. The normalized spacial score (nSPS) is 10.6. The molecule has 4 nitrogen and oxygen atoms in total. The number of carbonyl (C=O) groups is 1. The van der Waals surface area contributed by atoms with Crippen molar-refractivity contribution in [1.29, 1.82) is 0 Å². The van der Waals surface area contributed by atoms with Gasteiger partial charge in [-0.1, -0.05) is 23.9 Å². The van der Waals surface area contributed by atoms with E-state index in [1.54, 1.807) is 30.0 Å². The van der Waals surface area contributed by atoms with Crippen molar-refractivity contribution in [3.63, 3.8) is 0 Å². The number of thiazole rings is 1. The summed E-state index contributed by atoms with van der Waals surface area (Å²) in [5, 5.41) is 18.2. The first kappa shape index (κ1) is 13.9. The number of aryl methyl sites for hydroxylation is 1. The maximum Gasteiger partial charge on any atom is 0.308 e. The lowest BCUT2D eigenvalue weighted by molar-refractivity contribution is -0.136. The molecular weight excluding hydrogens is 282 g/mol. The molecule has 0 saturated heterocycles. The first-order valence-corrected chi connectivity index (χ1v) is 7.43. The van der Waals surface area contributed by atoms with Gasteiger partial charge in [-0.05, 0) is 24.6 Å². The Bertz CT molecular complexity index is 595. The van der Waals surface area contributed by atoms with Gasteiger partial charge >= 0.3 is 5.97 Å². The summed E-state index contributed by atoms with van der Waals surface area (Å²) in [4.78, 5) is 15.8. The summed E-state index contributed by atoms with van der Waals surface area (Å²) in [5.74, 6) is 0.115. The number of hydrogen-bond acceptors (Lipinski definition) is 5. The van der Waals surface area contributed by atoms with Crippen molar-refractivity contribution in [2.45, 2.75) is 23.4 Å². The zero-order valence-electron chi connectivity index (χ0n) is 10.3. The Kier molecular flexibility index (Phi) is 4.44. The minimum absolute atomic E-state index is 0.0240. The van der Waals surface area contributed by atoms with Gasteiger partial charge in [0.2, 0.25) is 0 Å². The summed E-state index contributed by atoms with van der Waals surface area (Å²) in [5.41, 5.74) is 1.79. The van der Waals surface area contributed by atoms with E-state index in [2.05, 4.69) is 4.98 Å². The molecule has 100 valence electrons. The van der Waals surface area contributed by atoms with E-state index in [0.717, 1.165) is 20.5 Å². The van der Waals surface area contributed by atoms with Crippen LogP contribution in [-0.4, -0.2) is 21.2 Å². The highest BCUT2D eigenvalue weighted by Gasteiger charge is 2.11. The molecule has 1 heterocycles. The molecule has 6 heteroatoms. The number of aromatic hydroxyl groups is 1. The number of hydrogen-bond donors (Lipinski definition) is 2. The molecule has 0 aliphatic heterocycles. The van der Waals surface area contributed by atoms with Crippen molar-refractivity contribution in [1.82, 2.24) is 4.98 Å². The van der Waals surface area contributed by atoms with Gasteiger partial charge in [-0.25, -0.2) is 4.98 Å². The number of phenols is 1. The molecular formula is C13H13NO3S2. The van der Waals surface area contributed by atoms with E-state index in [1.165, 1.54) is 11.3 Å². The van der Waals surface area contributed by atoms with E-state index in [9.17, 15) is 9.90 Å². The van der Waals surface area contributed by atoms with Crippen LogP contribution in [0.25, 0.3) is 0 Å². The lowest BCUT2D eigenvalue weighted by Gasteiger charge is -1.99. The number of carboxylic acid groups (broad SMARTS) is 1. The fourth-order valence-electron chi connectivity index (χ4n) is 1.56. The first-order valence-electron chi connectivity index (χ1n) is 5.63. The second-order valence-corrected chi connectivity index (χ2v) is 6.32. The fourth-order valence-corrected chi connectivity index (χ4v) is 3.72. The summed E-state index contributed by atoms with van der Waals surface area (Å²) in [7, 11) is 0. The van der Waals surface area contributed by atoms with Gasteiger partial charge in [-0.15, -0.1) is 11.3 Å². The van der Waals surface area contributed by atoms with Gasteiger partial charge in [0.05, 0.1) is 12.1 Å². The second-order valence-electron chi connectivity index (χ2n) is 4.02. The molecule has 0 bridgehead atoms. The number of nitrogens with zero attached hydrogens (tertiary/aromatic N) is 1. The van der Waals surface area contributed by atoms with Gasteiger partial charge in [0.25, 0.3) is 0 Å². The third-order valence-corrected chi connectivity index (χ3v) is 4.83. The van der Waals surface area contributed by atoms with Crippen molar-refractivity contribution < 1.29 is 15.0 Å². The van der Waals surface area contributed by atoms with Gasteiger partial charge in [-0.2, -0.15) is 0 Å². The summed E-state index contributed by atoms with van der Waals surface area (Å²) in [6.07, 6.45) is 0.0240. The maximum absolute atomic E-state index is 10.7. The Morgan fingerprint density at radius 1 is 1.47 bits per heavy atom. The number of aliphatic carboxylic acids is 1. The molecule has 2 rings (SSSR count). The average Bonchev–Trinajstić information content (AvgIpc) is 2.67. The van der Waals surface area contributed by atoms with E-state index in [4.69, 9.17) is 5.11 Å². The highest BCUT2D eigenvalue weighted by Crippen LogP contribution is 2.30. The molecule has 0 aliphatic carbocycles. The number of rotatable bonds is 5. The van der Waals surface area contributed by atoms with Gasteiger partial charge < -0.3 is 10.2 Å². The van der Waals surface area contributed by atoms with Crippen LogP contribution < -0.4 is 0 Å². The molecule has 1 aromatic heterocycles. The Morgan fingerprint density at radius 3 is 2.95 bits per heavy atom. The number of aromatic nitrogens is 1. The molecule has 0 spiro atoms. The molecule has 0 atom stereocenters. The summed E-state index contributed by atoms with van der Waals surface area (Å²) < 4.78 is 0.858. The molecule has 0 radical (unpaired) electrons. The van der Waals surface area contributed by atoms with E-state index in [0.29, 0.717) is 5.75 Å². The molecule has 1 aromatic carbocycles. The lowest BCUT2D eigenvalue weighted by Crippen LogP contribution is -1.99. The zero-order chi connectivity index (χ0) is 13.8. The van der Waals surface area contributed by atoms with Gasteiger partial charge in [0, 0.05) is 10.6 Å². The quantitative estimate of drug-likeness (QED) is 0.830. The molecule has 0 fully saturated rings. The summed E-state index contributed by atoms with van der Waals surface area (Å²) >= 11 is 2.97. The van der Waals surface area contributed by atoms with Crippen LogP contribution in [0.15, 0.2) is 28.6 Å². The minimum atomic E-state index is -0.837. The standard InChI is InChI=1S/C13H13NO3S2/c1-8-11(6-12(16)17)19-13(14-8)18-7-9-3-2-4-10(15)5-9/h2-5,15H,6-7H2,1H3,(H,16,17). The van der Waals surface area contributed by atoms with Crippen molar-refractivity contribution in [3.05, 3.63) is 40.4 Å².